The van der Waals surface area contributed by atoms with Crippen molar-refractivity contribution in [2.24, 2.45) is 0 Å². The van der Waals surface area contributed by atoms with Gasteiger partial charge in [0.05, 0.1) is 12.7 Å². The van der Waals surface area contributed by atoms with Crippen molar-refractivity contribution in [1.82, 2.24) is 0 Å². The first kappa shape index (κ1) is 19.4. The standard InChI is InChI=1S/C20H32O3Si/c1-15-13-17(23-24(6,7)20(2,3)4)19(21-5)18(15)22-14-16-11-9-8-10-12-16/h8-13,17-19H,14H2,1-7H3/t17-,18+,19+/m1/s1. The highest BCUT2D eigenvalue weighted by molar-refractivity contribution is 6.74. The average Bonchev–Trinajstić information content (AvgIpc) is 2.79. The van der Waals surface area contributed by atoms with Crippen LogP contribution in [0.1, 0.15) is 33.3 Å². The number of benzene rings is 1. The lowest BCUT2D eigenvalue weighted by Gasteiger charge is -2.39. The molecular weight excluding hydrogens is 316 g/mol. The fourth-order valence-electron chi connectivity index (χ4n) is 2.74. The molecule has 0 aromatic heterocycles. The maximum absolute atomic E-state index is 6.58. The molecule has 0 N–H and O–H groups in total. The van der Waals surface area contributed by atoms with Crippen molar-refractivity contribution in [1.29, 1.82) is 0 Å². The fraction of sp³-hybridized carbons (Fsp3) is 0.600. The molecule has 0 heterocycles. The fourth-order valence-corrected chi connectivity index (χ4v) is 3.98. The molecule has 0 fully saturated rings. The monoisotopic (exact) mass is 348 g/mol. The number of hydrogen-bond acceptors (Lipinski definition) is 3. The first-order valence-corrected chi connectivity index (χ1v) is 11.6. The van der Waals surface area contributed by atoms with Crippen LogP contribution >= 0.6 is 0 Å². The largest absolute Gasteiger partial charge is 0.408 e. The molecule has 0 radical (unpaired) electrons. The van der Waals surface area contributed by atoms with Gasteiger partial charge in [0.25, 0.3) is 0 Å². The molecule has 0 saturated heterocycles. The van der Waals surface area contributed by atoms with Gasteiger partial charge in [-0.2, -0.15) is 0 Å². The van der Waals surface area contributed by atoms with Crippen LogP contribution in [0, 0.1) is 0 Å². The van der Waals surface area contributed by atoms with E-state index in [1.165, 1.54) is 11.1 Å². The van der Waals surface area contributed by atoms with E-state index in [-0.39, 0.29) is 23.4 Å². The van der Waals surface area contributed by atoms with Crippen molar-refractivity contribution >= 4 is 8.32 Å². The molecule has 3 atom stereocenters. The number of ether oxygens (including phenoxy) is 2. The molecular formula is C20H32O3Si. The minimum absolute atomic E-state index is 0.0309. The lowest BCUT2D eigenvalue weighted by atomic mass is 10.1. The van der Waals surface area contributed by atoms with Gasteiger partial charge in [-0.15, -0.1) is 0 Å². The van der Waals surface area contributed by atoms with Crippen LogP contribution in [0.15, 0.2) is 42.0 Å². The summed E-state index contributed by atoms with van der Waals surface area (Å²) in [6.07, 6.45) is 2.02. The third-order valence-corrected chi connectivity index (χ3v) is 9.75. The molecule has 1 aliphatic carbocycles. The molecule has 24 heavy (non-hydrogen) atoms. The first-order valence-electron chi connectivity index (χ1n) is 8.70. The van der Waals surface area contributed by atoms with Crippen LogP contribution in [0.3, 0.4) is 0 Å². The van der Waals surface area contributed by atoms with E-state index in [9.17, 15) is 0 Å². The highest BCUT2D eigenvalue weighted by Crippen LogP contribution is 2.40. The van der Waals surface area contributed by atoms with Crippen molar-refractivity contribution in [3.8, 4) is 0 Å². The Bertz CT molecular complexity index is 560. The molecule has 1 aromatic rings. The van der Waals surface area contributed by atoms with Crippen LogP contribution in [0.4, 0.5) is 0 Å². The van der Waals surface area contributed by atoms with E-state index >= 15 is 0 Å². The molecule has 0 saturated carbocycles. The summed E-state index contributed by atoms with van der Waals surface area (Å²) < 4.78 is 18.5. The third-order valence-electron chi connectivity index (χ3n) is 5.28. The smallest absolute Gasteiger partial charge is 0.193 e. The molecule has 1 aromatic carbocycles. The van der Waals surface area contributed by atoms with Gasteiger partial charge in [0.1, 0.15) is 12.2 Å². The topological polar surface area (TPSA) is 27.7 Å². The number of methoxy groups -OCH3 is 1. The first-order chi connectivity index (χ1) is 11.2. The second kappa shape index (κ2) is 7.52. The zero-order valence-corrected chi connectivity index (χ0v) is 17.1. The van der Waals surface area contributed by atoms with Crippen molar-refractivity contribution < 1.29 is 13.9 Å². The molecule has 2 rings (SSSR count). The van der Waals surface area contributed by atoms with Crippen LogP contribution in [-0.4, -0.2) is 33.7 Å². The molecule has 0 spiro atoms. The predicted octanol–water partition coefficient (Wildman–Crippen LogP) is 4.94. The van der Waals surface area contributed by atoms with E-state index in [0.29, 0.717) is 6.61 Å². The second-order valence-electron chi connectivity index (χ2n) is 8.17. The van der Waals surface area contributed by atoms with Crippen molar-refractivity contribution in [3.63, 3.8) is 0 Å². The molecule has 0 bridgehead atoms. The minimum atomic E-state index is -1.85. The summed E-state index contributed by atoms with van der Waals surface area (Å²) in [6.45, 7) is 14.0. The van der Waals surface area contributed by atoms with Crippen molar-refractivity contribution in [2.75, 3.05) is 7.11 Å². The van der Waals surface area contributed by atoms with Gasteiger partial charge in [0.2, 0.25) is 0 Å². The second-order valence-corrected chi connectivity index (χ2v) is 12.9. The summed E-state index contributed by atoms with van der Waals surface area (Å²) in [7, 11) is -0.106. The van der Waals surface area contributed by atoms with Gasteiger partial charge in [0.15, 0.2) is 8.32 Å². The van der Waals surface area contributed by atoms with Crippen LogP contribution in [0.5, 0.6) is 0 Å². The quantitative estimate of drug-likeness (QED) is 0.538. The van der Waals surface area contributed by atoms with E-state index in [1.54, 1.807) is 7.11 Å². The highest BCUT2D eigenvalue weighted by Gasteiger charge is 2.44. The van der Waals surface area contributed by atoms with Crippen molar-refractivity contribution in [2.45, 2.75) is 70.7 Å². The van der Waals surface area contributed by atoms with Gasteiger partial charge < -0.3 is 13.9 Å². The third kappa shape index (κ3) is 4.36. The minimum Gasteiger partial charge on any atom is -0.408 e. The number of rotatable bonds is 6. The highest BCUT2D eigenvalue weighted by atomic mass is 28.4. The number of hydrogen-bond donors (Lipinski definition) is 0. The molecule has 0 aliphatic heterocycles. The van der Waals surface area contributed by atoms with Gasteiger partial charge in [-0.1, -0.05) is 57.2 Å². The van der Waals surface area contributed by atoms with Crippen LogP contribution in [0.25, 0.3) is 0 Å². The zero-order valence-electron chi connectivity index (χ0n) is 16.1. The molecule has 134 valence electrons. The Kier molecular flexibility index (Phi) is 6.08. The maximum atomic E-state index is 6.58. The summed E-state index contributed by atoms with van der Waals surface area (Å²) in [6, 6.07) is 10.3. The van der Waals surface area contributed by atoms with Crippen LogP contribution < -0.4 is 0 Å². The Morgan fingerprint density at radius 1 is 1.08 bits per heavy atom. The van der Waals surface area contributed by atoms with Gasteiger partial charge in [0, 0.05) is 7.11 Å². The van der Waals surface area contributed by atoms with Gasteiger partial charge >= 0.3 is 0 Å². The van der Waals surface area contributed by atoms with Crippen molar-refractivity contribution in [3.05, 3.63) is 47.5 Å². The van der Waals surface area contributed by atoms with Crippen LogP contribution in [-0.2, 0) is 20.5 Å². The molecule has 4 heteroatoms. The van der Waals surface area contributed by atoms with E-state index in [2.05, 4.69) is 59.0 Å². The van der Waals surface area contributed by atoms with E-state index in [4.69, 9.17) is 13.9 Å². The zero-order chi connectivity index (χ0) is 18.0. The molecule has 3 nitrogen and oxygen atoms in total. The Morgan fingerprint density at radius 2 is 1.71 bits per heavy atom. The van der Waals surface area contributed by atoms with Crippen LogP contribution in [0.2, 0.25) is 18.1 Å². The summed E-state index contributed by atoms with van der Waals surface area (Å²) in [4.78, 5) is 0. The normalized spacial score (nSPS) is 25.0. The molecule has 0 amide bonds. The maximum Gasteiger partial charge on any atom is 0.193 e. The van der Waals surface area contributed by atoms with Gasteiger partial charge in [-0.3, -0.25) is 0 Å². The lowest BCUT2D eigenvalue weighted by molar-refractivity contribution is -0.0698. The Labute approximate surface area is 148 Å². The summed E-state index contributed by atoms with van der Waals surface area (Å²) in [5, 5.41) is 0.177. The average molecular weight is 349 g/mol. The van der Waals surface area contributed by atoms with Gasteiger partial charge in [-0.25, -0.2) is 0 Å². The Balaban J connectivity index is 2.06. The Morgan fingerprint density at radius 3 is 2.25 bits per heavy atom. The predicted molar refractivity (Wildman–Crippen MR) is 102 cm³/mol. The Hall–Kier alpha value is -0.943. The summed E-state index contributed by atoms with van der Waals surface area (Å²) in [5.41, 5.74) is 2.37. The van der Waals surface area contributed by atoms with Gasteiger partial charge in [-0.05, 0) is 36.2 Å². The SMILES string of the molecule is CO[C@H]1[C@H](O[Si](C)(C)C(C)(C)C)C=C(C)[C@@H]1OCc1ccccc1. The van der Waals surface area contributed by atoms with E-state index < -0.39 is 8.32 Å². The molecule has 0 unspecified atom stereocenters. The summed E-state index contributed by atoms with van der Waals surface area (Å²) in [5.74, 6) is 0. The van der Waals surface area contributed by atoms with E-state index in [1.807, 2.05) is 18.2 Å². The lowest BCUT2D eigenvalue weighted by Crippen LogP contribution is -2.47. The summed E-state index contributed by atoms with van der Waals surface area (Å²) >= 11 is 0. The molecule has 1 aliphatic rings. The van der Waals surface area contributed by atoms with E-state index in [0.717, 1.165) is 0 Å².